The van der Waals surface area contributed by atoms with E-state index < -0.39 is 17.6 Å². The van der Waals surface area contributed by atoms with Crippen LogP contribution in [0.2, 0.25) is 0 Å². The van der Waals surface area contributed by atoms with Gasteiger partial charge in [-0.3, -0.25) is 4.79 Å². The Labute approximate surface area is 96.6 Å². The molecule has 0 unspecified atom stereocenters. The molecule has 6 heteroatoms. The standard InChI is InChI=1S/C11H12F3NO2/c1-7-3-4-8(11(12,13)14)5-9(7)15-10(16)6-17-2/h3-5H,6H2,1-2H3,(H,15,16). The van der Waals surface area contributed by atoms with Gasteiger partial charge in [0.05, 0.1) is 5.56 Å². The molecule has 0 aliphatic heterocycles. The van der Waals surface area contributed by atoms with E-state index in [0.717, 1.165) is 12.1 Å². The first kappa shape index (κ1) is 13.5. The average Bonchev–Trinajstić information content (AvgIpc) is 2.20. The van der Waals surface area contributed by atoms with Crippen molar-refractivity contribution >= 4 is 11.6 Å². The zero-order valence-electron chi connectivity index (χ0n) is 9.39. The highest BCUT2D eigenvalue weighted by Gasteiger charge is 2.30. The number of carbonyl (C=O) groups is 1. The Morgan fingerprint density at radius 1 is 1.41 bits per heavy atom. The summed E-state index contributed by atoms with van der Waals surface area (Å²) >= 11 is 0. The van der Waals surface area contributed by atoms with E-state index >= 15 is 0 Å². The zero-order valence-corrected chi connectivity index (χ0v) is 9.39. The lowest BCUT2D eigenvalue weighted by Gasteiger charge is -2.12. The maximum Gasteiger partial charge on any atom is 0.416 e. The van der Waals surface area contributed by atoms with E-state index in [1.807, 2.05) is 0 Å². The molecule has 1 amide bonds. The predicted molar refractivity (Wildman–Crippen MR) is 56.7 cm³/mol. The monoisotopic (exact) mass is 247 g/mol. The second kappa shape index (κ2) is 5.18. The van der Waals surface area contributed by atoms with E-state index in [0.29, 0.717) is 5.56 Å². The fourth-order valence-corrected chi connectivity index (χ4v) is 1.25. The second-order valence-electron chi connectivity index (χ2n) is 3.51. The normalized spacial score (nSPS) is 11.4. The topological polar surface area (TPSA) is 38.3 Å². The fraction of sp³-hybridized carbons (Fsp3) is 0.364. The van der Waals surface area contributed by atoms with Gasteiger partial charge < -0.3 is 10.1 Å². The Hall–Kier alpha value is -1.56. The van der Waals surface area contributed by atoms with Gasteiger partial charge in [0.1, 0.15) is 6.61 Å². The first-order valence-corrected chi connectivity index (χ1v) is 4.81. The smallest absolute Gasteiger partial charge is 0.375 e. The second-order valence-corrected chi connectivity index (χ2v) is 3.51. The maximum atomic E-state index is 12.4. The lowest BCUT2D eigenvalue weighted by Crippen LogP contribution is -2.18. The van der Waals surface area contributed by atoms with Crippen LogP contribution in [0.5, 0.6) is 0 Å². The summed E-state index contributed by atoms with van der Waals surface area (Å²) in [4.78, 5) is 11.2. The molecule has 0 aliphatic carbocycles. The third kappa shape index (κ3) is 3.74. The molecule has 94 valence electrons. The van der Waals surface area contributed by atoms with Crippen molar-refractivity contribution in [1.29, 1.82) is 0 Å². The summed E-state index contributed by atoms with van der Waals surface area (Å²) in [5, 5.41) is 2.36. The number of carbonyl (C=O) groups excluding carboxylic acids is 1. The highest BCUT2D eigenvalue weighted by atomic mass is 19.4. The van der Waals surface area contributed by atoms with Crippen LogP contribution in [-0.4, -0.2) is 19.6 Å². The SMILES string of the molecule is COCC(=O)Nc1cc(C(F)(F)F)ccc1C. The highest BCUT2D eigenvalue weighted by molar-refractivity contribution is 5.92. The van der Waals surface area contributed by atoms with E-state index in [4.69, 9.17) is 0 Å². The van der Waals surface area contributed by atoms with Gasteiger partial charge in [0.25, 0.3) is 0 Å². The molecule has 0 aromatic heterocycles. The van der Waals surface area contributed by atoms with Crippen molar-refractivity contribution in [2.24, 2.45) is 0 Å². The molecule has 1 aromatic carbocycles. The van der Waals surface area contributed by atoms with Crippen molar-refractivity contribution in [3.05, 3.63) is 29.3 Å². The molecule has 0 radical (unpaired) electrons. The Kier molecular flexibility index (Phi) is 4.11. The van der Waals surface area contributed by atoms with Crippen molar-refractivity contribution in [1.82, 2.24) is 0 Å². The third-order valence-corrected chi connectivity index (χ3v) is 2.11. The lowest BCUT2D eigenvalue weighted by atomic mass is 10.1. The van der Waals surface area contributed by atoms with Gasteiger partial charge >= 0.3 is 6.18 Å². The number of halogens is 3. The van der Waals surface area contributed by atoms with Gasteiger partial charge in [0, 0.05) is 12.8 Å². The number of rotatable bonds is 3. The number of hydrogen-bond donors (Lipinski definition) is 1. The van der Waals surface area contributed by atoms with Crippen LogP contribution in [0.4, 0.5) is 18.9 Å². The molecule has 0 spiro atoms. The molecule has 0 bridgehead atoms. The average molecular weight is 247 g/mol. The number of anilines is 1. The van der Waals surface area contributed by atoms with Crippen molar-refractivity contribution in [3.8, 4) is 0 Å². The molecule has 0 saturated carbocycles. The van der Waals surface area contributed by atoms with Gasteiger partial charge in [-0.2, -0.15) is 13.2 Å². The molecular formula is C11H12F3NO2. The van der Waals surface area contributed by atoms with Crippen LogP contribution < -0.4 is 5.32 Å². The summed E-state index contributed by atoms with van der Waals surface area (Å²) in [6.45, 7) is 1.41. The van der Waals surface area contributed by atoms with Gasteiger partial charge in [-0.25, -0.2) is 0 Å². The summed E-state index contributed by atoms with van der Waals surface area (Å²) in [5.41, 5.74) is -0.0971. The first-order valence-electron chi connectivity index (χ1n) is 4.81. The lowest BCUT2D eigenvalue weighted by molar-refractivity contribution is -0.137. The molecule has 0 fully saturated rings. The summed E-state index contributed by atoms with van der Waals surface area (Å²) in [6.07, 6.45) is -4.42. The van der Waals surface area contributed by atoms with Gasteiger partial charge in [0.15, 0.2) is 0 Å². The van der Waals surface area contributed by atoms with Gasteiger partial charge in [0.2, 0.25) is 5.91 Å². The molecular weight excluding hydrogens is 235 g/mol. The van der Waals surface area contributed by atoms with Crippen LogP contribution in [0.25, 0.3) is 0 Å². The quantitative estimate of drug-likeness (QED) is 0.891. The molecule has 17 heavy (non-hydrogen) atoms. The molecule has 0 heterocycles. The molecule has 1 aromatic rings. The molecule has 0 saturated heterocycles. The van der Waals surface area contributed by atoms with E-state index in [9.17, 15) is 18.0 Å². The number of ether oxygens (including phenoxy) is 1. The van der Waals surface area contributed by atoms with Gasteiger partial charge in [-0.1, -0.05) is 6.07 Å². The molecule has 1 N–H and O–H groups in total. The Balaban J connectivity index is 2.95. The largest absolute Gasteiger partial charge is 0.416 e. The number of amides is 1. The number of hydrogen-bond acceptors (Lipinski definition) is 2. The Bertz CT molecular complexity index is 416. The minimum absolute atomic E-state index is 0.141. The summed E-state index contributed by atoms with van der Waals surface area (Å²) in [7, 11) is 1.33. The number of aryl methyl sites for hydroxylation is 1. The number of alkyl halides is 3. The van der Waals surface area contributed by atoms with Crippen molar-refractivity contribution < 1.29 is 22.7 Å². The van der Waals surface area contributed by atoms with Crippen molar-refractivity contribution in [2.45, 2.75) is 13.1 Å². The molecule has 3 nitrogen and oxygen atoms in total. The Morgan fingerprint density at radius 3 is 2.59 bits per heavy atom. The minimum atomic E-state index is -4.42. The van der Waals surface area contributed by atoms with E-state index in [1.54, 1.807) is 6.92 Å². The summed E-state index contributed by atoms with van der Waals surface area (Å²) < 4.78 is 41.9. The van der Waals surface area contributed by atoms with E-state index in [1.165, 1.54) is 13.2 Å². The van der Waals surface area contributed by atoms with E-state index in [-0.39, 0.29) is 12.3 Å². The van der Waals surface area contributed by atoms with Crippen LogP contribution in [0, 0.1) is 6.92 Å². The number of benzene rings is 1. The van der Waals surface area contributed by atoms with Crippen molar-refractivity contribution in [2.75, 3.05) is 19.0 Å². The predicted octanol–water partition coefficient (Wildman–Crippen LogP) is 2.60. The number of methoxy groups -OCH3 is 1. The Morgan fingerprint density at radius 2 is 2.06 bits per heavy atom. The minimum Gasteiger partial charge on any atom is -0.375 e. The maximum absolute atomic E-state index is 12.4. The van der Waals surface area contributed by atoms with Crippen LogP contribution >= 0.6 is 0 Å². The van der Waals surface area contributed by atoms with Gasteiger partial charge in [-0.15, -0.1) is 0 Å². The van der Waals surface area contributed by atoms with Crippen LogP contribution in [-0.2, 0) is 15.7 Å². The van der Waals surface area contributed by atoms with Crippen molar-refractivity contribution in [3.63, 3.8) is 0 Å². The molecule has 1 rings (SSSR count). The van der Waals surface area contributed by atoms with E-state index in [2.05, 4.69) is 10.1 Å². The summed E-state index contributed by atoms with van der Waals surface area (Å²) in [6, 6.07) is 3.19. The first-order chi connectivity index (χ1) is 7.84. The van der Waals surface area contributed by atoms with Crippen LogP contribution in [0.1, 0.15) is 11.1 Å². The summed E-state index contributed by atoms with van der Waals surface area (Å²) in [5.74, 6) is -0.491. The van der Waals surface area contributed by atoms with Gasteiger partial charge in [-0.05, 0) is 24.6 Å². The zero-order chi connectivity index (χ0) is 13.1. The highest BCUT2D eigenvalue weighted by Crippen LogP contribution is 2.31. The van der Waals surface area contributed by atoms with Crippen LogP contribution in [0.15, 0.2) is 18.2 Å². The molecule has 0 atom stereocenters. The fourth-order valence-electron chi connectivity index (χ4n) is 1.25. The number of nitrogens with one attached hydrogen (secondary N) is 1. The molecule has 0 aliphatic rings. The third-order valence-electron chi connectivity index (χ3n) is 2.11. The van der Waals surface area contributed by atoms with Crippen LogP contribution in [0.3, 0.4) is 0 Å².